The van der Waals surface area contributed by atoms with E-state index in [-0.39, 0.29) is 11.8 Å². The Labute approximate surface area is 175 Å². The predicted molar refractivity (Wildman–Crippen MR) is 116 cm³/mol. The Bertz CT molecular complexity index is 896. The third-order valence-electron chi connectivity index (χ3n) is 5.42. The van der Waals surface area contributed by atoms with E-state index in [2.05, 4.69) is 4.90 Å². The normalized spacial score (nSPS) is 16.6. The number of ether oxygens (including phenoxy) is 1. The number of fused-ring (bicyclic) bond motifs is 1. The molecule has 0 saturated carbocycles. The number of rotatable bonds is 5. The molecule has 0 N–H and O–H groups in total. The summed E-state index contributed by atoms with van der Waals surface area (Å²) in [7, 11) is 1.68. The van der Waals surface area contributed by atoms with Gasteiger partial charge in [0.25, 0.3) is 0 Å². The van der Waals surface area contributed by atoms with Gasteiger partial charge in [0, 0.05) is 44.0 Å². The van der Waals surface area contributed by atoms with E-state index in [1.54, 1.807) is 23.8 Å². The van der Waals surface area contributed by atoms with Crippen LogP contribution in [0.2, 0.25) is 0 Å². The molecule has 0 aromatic heterocycles. The van der Waals surface area contributed by atoms with E-state index in [4.69, 9.17) is 4.74 Å². The smallest absolute Gasteiger partial charge is 0.237 e. The molecule has 2 heterocycles. The van der Waals surface area contributed by atoms with Crippen LogP contribution in [0.1, 0.15) is 6.42 Å². The maximum atomic E-state index is 12.8. The van der Waals surface area contributed by atoms with Crippen LogP contribution in [0, 0.1) is 0 Å². The highest BCUT2D eigenvalue weighted by Crippen LogP contribution is 2.35. The van der Waals surface area contributed by atoms with E-state index in [0.29, 0.717) is 31.8 Å². The van der Waals surface area contributed by atoms with Gasteiger partial charge < -0.3 is 19.4 Å². The third kappa shape index (κ3) is 4.19. The quantitative estimate of drug-likeness (QED) is 0.757. The molecule has 4 rings (SSSR count). The minimum atomic E-state index is 0.0718. The molecule has 1 fully saturated rings. The number of thioether (sulfide) groups is 1. The molecule has 1 saturated heterocycles. The Kier molecular flexibility index (Phi) is 5.94. The van der Waals surface area contributed by atoms with Gasteiger partial charge in [-0.3, -0.25) is 9.59 Å². The molecule has 6 nitrogen and oxygen atoms in total. The number of benzene rings is 2. The van der Waals surface area contributed by atoms with Crippen molar-refractivity contribution in [3.8, 4) is 5.75 Å². The van der Waals surface area contributed by atoms with Crippen LogP contribution in [0.3, 0.4) is 0 Å². The van der Waals surface area contributed by atoms with Gasteiger partial charge in [-0.05, 0) is 24.3 Å². The van der Waals surface area contributed by atoms with Crippen molar-refractivity contribution in [1.29, 1.82) is 0 Å². The highest BCUT2D eigenvalue weighted by Gasteiger charge is 2.27. The number of amides is 2. The summed E-state index contributed by atoms with van der Waals surface area (Å²) in [4.78, 5) is 32.2. The standard InChI is InChI=1S/C22H25N3O3S/c1-28-19-8-4-2-6-17(19)23-12-14-24(15-13-23)21(26)10-11-25-18-7-3-5-9-20(18)29-16-22(25)27/h2-9H,10-16H2,1H3. The molecule has 29 heavy (non-hydrogen) atoms. The fourth-order valence-corrected chi connectivity index (χ4v) is 4.79. The Morgan fingerprint density at radius 3 is 2.45 bits per heavy atom. The zero-order valence-corrected chi connectivity index (χ0v) is 17.4. The first-order chi connectivity index (χ1) is 14.2. The van der Waals surface area contributed by atoms with Crippen LogP contribution < -0.4 is 14.5 Å². The number of hydrogen-bond donors (Lipinski definition) is 0. The molecule has 152 valence electrons. The van der Waals surface area contributed by atoms with Gasteiger partial charge in [0.2, 0.25) is 11.8 Å². The minimum absolute atomic E-state index is 0.0718. The van der Waals surface area contributed by atoms with E-state index in [1.807, 2.05) is 53.4 Å². The molecule has 2 aliphatic rings. The molecule has 2 aromatic rings. The van der Waals surface area contributed by atoms with Crippen LogP contribution >= 0.6 is 11.8 Å². The van der Waals surface area contributed by atoms with Gasteiger partial charge in [0.1, 0.15) is 5.75 Å². The molecule has 2 amide bonds. The molecule has 0 spiro atoms. The maximum absolute atomic E-state index is 12.8. The zero-order valence-electron chi connectivity index (χ0n) is 16.5. The van der Waals surface area contributed by atoms with Crippen LogP contribution in [-0.2, 0) is 9.59 Å². The number of piperazine rings is 1. The highest BCUT2D eigenvalue weighted by atomic mass is 32.2. The van der Waals surface area contributed by atoms with Gasteiger partial charge >= 0.3 is 0 Å². The van der Waals surface area contributed by atoms with Crippen LogP contribution in [0.25, 0.3) is 0 Å². The summed E-state index contributed by atoms with van der Waals surface area (Å²) in [6.45, 7) is 3.33. The van der Waals surface area contributed by atoms with Gasteiger partial charge in [0.15, 0.2) is 0 Å². The highest BCUT2D eigenvalue weighted by molar-refractivity contribution is 8.00. The van der Waals surface area contributed by atoms with Crippen molar-refractivity contribution in [2.75, 3.05) is 55.4 Å². The van der Waals surface area contributed by atoms with E-state index >= 15 is 0 Å². The van der Waals surface area contributed by atoms with Crippen molar-refractivity contribution in [1.82, 2.24) is 4.90 Å². The van der Waals surface area contributed by atoms with E-state index in [0.717, 1.165) is 35.1 Å². The van der Waals surface area contributed by atoms with Crippen molar-refractivity contribution in [2.45, 2.75) is 11.3 Å². The summed E-state index contributed by atoms with van der Waals surface area (Å²) < 4.78 is 5.46. The minimum Gasteiger partial charge on any atom is -0.495 e. The number of hydrogen-bond acceptors (Lipinski definition) is 5. The predicted octanol–water partition coefficient (Wildman–Crippen LogP) is 2.87. The van der Waals surface area contributed by atoms with Crippen molar-refractivity contribution in [3.05, 3.63) is 48.5 Å². The molecule has 0 unspecified atom stereocenters. The Hall–Kier alpha value is -2.67. The Balaban J connectivity index is 1.33. The lowest BCUT2D eigenvalue weighted by molar-refractivity contribution is -0.131. The van der Waals surface area contributed by atoms with Gasteiger partial charge in [-0.15, -0.1) is 11.8 Å². The molecule has 0 atom stereocenters. The fourth-order valence-electron chi connectivity index (χ4n) is 3.85. The number of carbonyl (C=O) groups excluding carboxylic acids is 2. The number of nitrogens with zero attached hydrogens (tertiary/aromatic N) is 3. The average molecular weight is 412 g/mol. The van der Waals surface area contributed by atoms with Crippen LogP contribution in [-0.4, -0.2) is 62.3 Å². The summed E-state index contributed by atoms with van der Waals surface area (Å²) in [5, 5.41) is 0. The largest absolute Gasteiger partial charge is 0.495 e. The van der Waals surface area contributed by atoms with Crippen molar-refractivity contribution >= 4 is 35.0 Å². The molecule has 0 bridgehead atoms. The summed E-state index contributed by atoms with van der Waals surface area (Å²) in [5.41, 5.74) is 1.98. The monoisotopic (exact) mass is 411 g/mol. The number of carbonyl (C=O) groups is 2. The lowest BCUT2D eigenvalue weighted by Gasteiger charge is -2.37. The number of para-hydroxylation sites is 3. The molecule has 2 aromatic carbocycles. The molecular weight excluding hydrogens is 386 g/mol. The first-order valence-corrected chi connectivity index (χ1v) is 10.8. The average Bonchev–Trinajstić information content (AvgIpc) is 2.78. The van der Waals surface area contributed by atoms with E-state index in [9.17, 15) is 9.59 Å². The van der Waals surface area contributed by atoms with Gasteiger partial charge in [-0.2, -0.15) is 0 Å². The SMILES string of the molecule is COc1ccccc1N1CCN(C(=O)CCN2C(=O)CSc3ccccc32)CC1. The molecule has 2 aliphatic heterocycles. The van der Waals surface area contributed by atoms with E-state index in [1.165, 1.54) is 0 Å². The van der Waals surface area contributed by atoms with Gasteiger partial charge in [0.05, 0.1) is 24.2 Å². The number of anilines is 2. The molecule has 0 aliphatic carbocycles. The molecule has 0 radical (unpaired) electrons. The lowest BCUT2D eigenvalue weighted by atomic mass is 10.2. The second-order valence-electron chi connectivity index (χ2n) is 7.09. The van der Waals surface area contributed by atoms with Gasteiger partial charge in [-0.1, -0.05) is 24.3 Å². The number of methoxy groups -OCH3 is 1. The first-order valence-electron chi connectivity index (χ1n) is 9.85. The van der Waals surface area contributed by atoms with Gasteiger partial charge in [-0.25, -0.2) is 0 Å². The Morgan fingerprint density at radius 2 is 1.69 bits per heavy atom. The molecular formula is C22H25N3O3S. The fraction of sp³-hybridized carbons (Fsp3) is 0.364. The maximum Gasteiger partial charge on any atom is 0.237 e. The topological polar surface area (TPSA) is 53.1 Å². The van der Waals surface area contributed by atoms with E-state index < -0.39 is 0 Å². The summed E-state index contributed by atoms with van der Waals surface area (Å²) in [6, 6.07) is 15.9. The summed E-state index contributed by atoms with van der Waals surface area (Å²) >= 11 is 1.56. The Morgan fingerprint density at radius 1 is 1.00 bits per heavy atom. The second kappa shape index (κ2) is 8.78. The first kappa shape index (κ1) is 19.6. The van der Waals surface area contributed by atoms with Crippen LogP contribution in [0.15, 0.2) is 53.4 Å². The third-order valence-corrected chi connectivity index (χ3v) is 6.46. The summed E-state index contributed by atoms with van der Waals surface area (Å²) in [5.74, 6) is 1.46. The zero-order chi connectivity index (χ0) is 20.2. The van der Waals surface area contributed by atoms with Crippen LogP contribution in [0.5, 0.6) is 5.75 Å². The lowest BCUT2D eigenvalue weighted by Crippen LogP contribution is -2.49. The van der Waals surface area contributed by atoms with Crippen molar-refractivity contribution in [2.24, 2.45) is 0 Å². The summed E-state index contributed by atoms with van der Waals surface area (Å²) in [6.07, 6.45) is 0.347. The molecule has 7 heteroatoms. The second-order valence-corrected chi connectivity index (χ2v) is 8.11. The van der Waals surface area contributed by atoms with Crippen LogP contribution in [0.4, 0.5) is 11.4 Å². The van der Waals surface area contributed by atoms with Crippen molar-refractivity contribution < 1.29 is 14.3 Å². The van der Waals surface area contributed by atoms with Crippen molar-refractivity contribution in [3.63, 3.8) is 0 Å².